The SMILES string of the molecule is O=C(Nc1ccc(Nc2cc(N3CCOCC3)cnn2)cc1)c1cc(=O)c2ccccc2o1. The topological polar surface area (TPSA) is 110 Å². The first-order valence-electron chi connectivity index (χ1n) is 10.5. The number of fused-ring (bicyclic) bond motifs is 1. The molecule has 0 unspecified atom stereocenters. The number of rotatable bonds is 5. The smallest absolute Gasteiger partial charge is 0.291 e. The average molecular weight is 443 g/mol. The summed E-state index contributed by atoms with van der Waals surface area (Å²) < 4.78 is 11.0. The molecule has 0 bridgehead atoms. The lowest BCUT2D eigenvalue weighted by molar-refractivity contribution is 0.0997. The number of carbonyl (C=O) groups excluding carboxylic acids is 1. The van der Waals surface area contributed by atoms with Crippen LogP contribution in [-0.2, 0) is 4.74 Å². The molecule has 1 fully saturated rings. The fourth-order valence-electron chi connectivity index (χ4n) is 3.61. The molecular formula is C24H21N5O4. The Labute approximate surface area is 189 Å². The van der Waals surface area contributed by atoms with Gasteiger partial charge in [0.25, 0.3) is 5.91 Å². The highest BCUT2D eigenvalue weighted by atomic mass is 16.5. The molecule has 1 aliphatic heterocycles. The van der Waals surface area contributed by atoms with E-state index in [9.17, 15) is 9.59 Å². The highest BCUT2D eigenvalue weighted by molar-refractivity contribution is 6.03. The van der Waals surface area contributed by atoms with Crippen LogP contribution in [0, 0.1) is 0 Å². The number of hydrogen-bond donors (Lipinski definition) is 2. The monoisotopic (exact) mass is 443 g/mol. The van der Waals surface area contributed by atoms with Gasteiger partial charge in [-0.05, 0) is 36.4 Å². The summed E-state index contributed by atoms with van der Waals surface area (Å²) in [6, 6.07) is 17.1. The Bertz CT molecular complexity index is 1350. The van der Waals surface area contributed by atoms with Gasteiger partial charge in [0, 0.05) is 36.6 Å². The van der Waals surface area contributed by atoms with Gasteiger partial charge in [0.1, 0.15) is 5.58 Å². The fraction of sp³-hybridized carbons (Fsp3) is 0.167. The van der Waals surface area contributed by atoms with Gasteiger partial charge < -0.3 is 24.7 Å². The van der Waals surface area contributed by atoms with Crippen LogP contribution in [0.3, 0.4) is 0 Å². The van der Waals surface area contributed by atoms with E-state index in [2.05, 4.69) is 25.7 Å². The molecule has 1 saturated heterocycles. The van der Waals surface area contributed by atoms with Crippen molar-refractivity contribution in [3.63, 3.8) is 0 Å². The number of carbonyl (C=O) groups is 1. The standard InChI is InChI=1S/C24H21N5O4/c30-20-14-22(33-21-4-2-1-3-19(20)21)24(31)27-17-7-5-16(6-8-17)26-23-13-18(15-25-28-23)29-9-11-32-12-10-29/h1-8,13-15H,9-12H2,(H,26,28)(H,27,31). The number of hydrogen-bond acceptors (Lipinski definition) is 8. The highest BCUT2D eigenvalue weighted by Crippen LogP contribution is 2.22. The van der Waals surface area contributed by atoms with Crippen LogP contribution in [0.15, 0.2) is 76.1 Å². The summed E-state index contributed by atoms with van der Waals surface area (Å²) in [7, 11) is 0. The van der Waals surface area contributed by atoms with Crippen LogP contribution < -0.4 is 21.0 Å². The van der Waals surface area contributed by atoms with Crippen LogP contribution in [0.4, 0.5) is 22.9 Å². The summed E-state index contributed by atoms with van der Waals surface area (Å²) >= 11 is 0. The Morgan fingerprint density at radius 1 is 0.970 bits per heavy atom. The second-order valence-electron chi connectivity index (χ2n) is 7.53. The lowest BCUT2D eigenvalue weighted by Crippen LogP contribution is -2.36. The summed E-state index contributed by atoms with van der Waals surface area (Å²) in [6.07, 6.45) is 1.74. The van der Waals surface area contributed by atoms with Gasteiger partial charge in [0.2, 0.25) is 0 Å². The van der Waals surface area contributed by atoms with Crippen LogP contribution in [0.1, 0.15) is 10.6 Å². The molecule has 4 aromatic rings. The first kappa shape index (κ1) is 20.7. The van der Waals surface area contributed by atoms with Crippen LogP contribution in [0.2, 0.25) is 0 Å². The van der Waals surface area contributed by atoms with Crippen LogP contribution in [0.5, 0.6) is 0 Å². The summed E-state index contributed by atoms with van der Waals surface area (Å²) in [6.45, 7) is 3.02. The Morgan fingerprint density at radius 3 is 2.55 bits per heavy atom. The number of para-hydroxylation sites is 1. The minimum Gasteiger partial charge on any atom is -0.451 e. The average Bonchev–Trinajstić information content (AvgIpc) is 2.86. The van der Waals surface area contributed by atoms with Gasteiger partial charge in [-0.3, -0.25) is 9.59 Å². The first-order valence-corrected chi connectivity index (χ1v) is 10.5. The molecule has 0 atom stereocenters. The maximum Gasteiger partial charge on any atom is 0.291 e. The number of anilines is 4. The van der Waals surface area contributed by atoms with Crippen molar-refractivity contribution < 1.29 is 13.9 Å². The quantitative estimate of drug-likeness (QED) is 0.483. The maximum absolute atomic E-state index is 12.6. The lowest BCUT2D eigenvalue weighted by atomic mass is 10.2. The molecular weight excluding hydrogens is 422 g/mol. The van der Waals surface area contributed by atoms with E-state index in [-0.39, 0.29) is 11.2 Å². The second kappa shape index (κ2) is 9.09. The van der Waals surface area contributed by atoms with Crippen molar-refractivity contribution in [2.75, 3.05) is 41.8 Å². The van der Waals surface area contributed by atoms with E-state index in [0.717, 1.165) is 24.5 Å². The molecule has 5 rings (SSSR count). The summed E-state index contributed by atoms with van der Waals surface area (Å²) in [5.74, 6) is 0.0764. The fourth-order valence-corrected chi connectivity index (χ4v) is 3.61. The normalized spacial score (nSPS) is 13.6. The Balaban J connectivity index is 1.26. The summed E-state index contributed by atoms with van der Waals surface area (Å²) in [4.78, 5) is 27.0. The molecule has 9 heteroatoms. The maximum atomic E-state index is 12.6. The number of ether oxygens (including phenoxy) is 1. The van der Waals surface area contributed by atoms with E-state index in [0.29, 0.717) is 35.7 Å². The number of aromatic nitrogens is 2. The highest BCUT2D eigenvalue weighted by Gasteiger charge is 2.14. The van der Waals surface area contributed by atoms with Crippen LogP contribution >= 0.6 is 0 Å². The zero-order valence-electron chi connectivity index (χ0n) is 17.7. The molecule has 0 aliphatic carbocycles. The largest absolute Gasteiger partial charge is 0.451 e. The number of nitrogens with one attached hydrogen (secondary N) is 2. The molecule has 2 aromatic carbocycles. The molecule has 0 saturated carbocycles. The molecule has 2 aromatic heterocycles. The van der Waals surface area contributed by atoms with Crippen molar-refractivity contribution in [3.8, 4) is 0 Å². The van der Waals surface area contributed by atoms with E-state index < -0.39 is 5.91 Å². The molecule has 33 heavy (non-hydrogen) atoms. The van der Waals surface area contributed by atoms with Crippen molar-refractivity contribution >= 4 is 39.8 Å². The molecule has 0 radical (unpaired) electrons. The molecule has 1 amide bonds. The van der Waals surface area contributed by atoms with Gasteiger partial charge >= 0.3 is 0 Å². The molecule has 2 N–H and O–H groups in total. The van der Waals surface area contributed by atoms with E-state index in [1.807, 2.05) is 18.2 Å². The Kier molecular flexibility index (Phi) is 5.69. The number of benzene rings is 2. The summed E-state index contributed by atoms with van der Waals surface area (Å²) in [5.41, 5.74) is 2.45. The van der Waals surface area contributed by atoms with Gasteiger partial charge in [-0.15, -0.1) is 5.10 Å². The van der Waals surface area contributed by atoms with Crippen molar-refractivity contribution in [1.29, 1.82) is 0 Å². The minimum atomic E-state index is -0.498. The second-order valence-corrected chi connectivity index (χ2v) is 7.53. The predicted molar refractivity (Wildman–Crippen MR) is 125 cm³/mol. The molecule has 1 aliphatic rings. The van der Waals surface area contributed by atoms with Crippen molar-refractivity contribution in [1.82, 2.24) is 10.2 Å². The van der Waals surface area contributed by atoms with Crippen molar-refractivity contribution in [3.05, 3.63) is 82.8 Å². The van der Waals surface area contributed by atoms with E-state index in [1.165, 1.54) is 6.07 Å². The molecule has 0 spiro atoms. The zero-order chi connectivity index (χ0) is 22.6. The molecule has 166 valence electrons. The van der Waals surface area contributed by atoms with E-state index in [1.54, 1.807) is 42.6 Å². The zero-order valence-corrected chi connectivity index (χ0v) is 17.7. The van der Waals surface area contributed by atoms with Gasteiger partial charge in [-0.25, -0.2) is 0 Å². The van der Waals surface area contributed by atoms with Gasteiger partial charge in [-0.2, -0.15) is 5.10 Å². The number of amides is 1. The number of morpholine rings is 1. The predicted octanol–water partition coefficient (Wildman–Crippen LogP) is 3.42. The van der Waals surface area contributed by atoms with E-state index >= 15 is 0 Å². The Morgan fingerprint density at radius 2 is 1.73 bits per heavy atom. The molecule has 3 heterocycles. The van der Waals surface area contributed by atoms with Gasteiger partial charge in [0.15, 0.2) is 17.0 Å². The minimum absolute atomic E-state index is 0.0453. The van der Waals surface area contributed by atoms with Crippen LogP contribution in [0.25, 0.3) is 11.0 Å². The molecule has 9 nitrogen and oxygen atoms in total. The van der Waals surface area contributed by atoms with Crippen molar-refractivity contribution in [2.24, 2.45) is 0 Å². The third-order valence-corrected chi connectivity index (χ3v) is 5.29. The summed E-state index contributed by atoms with van der Waals surface area (Å²) in [5, 5.41) is 14.6. The van der Waals surface area contributed by atoms with Gasteiger partial charge in [-0.1, -0.05) is 12.1 Å². The first-order chi connectivity index (χ1) is 16.2. The van der Waals surface area contributed by atoms with Gasteiger partial charge in [0.05, 0.1) is 30.5 Å². The van der Waals surface area contributed by atoms with Crippen molar-refractivity contribution in [2.45, 2.75) is 0 Å². The number of nitrogens with zero attached hydrogens (tertiary/aromatic N) is 3. The third kappa shape index (κ3) is 4.68. The third-order valence-electron chi connectivity index (χ3n) is 5.29. The Hall–Kier alpha value is -4.24. The lowest BCUT2D eigenvalue weighted by Gasteiger charge is -2.28. The van der Waals surface area contributed by atoms with Crippen LogP contribution in [-0.4, -0.2) is 42.4 Å². The van der Waals surface area contributed by atoms with E-state index in [4.69, 9.17) is 9.15 Å².